The van der Waals surface area contributed by atoms with Crippen molar-refractivity contribution >= 4 is 11.9 Å². The van der Waals surface area contributed by atoms with Crippen LogP contribution in [0.15, 0.2) is 24.3 Å². The molecular weight excluding hydrogens is 520 g/mol. The molecule has 0 spiro atoms. The first-order valence-electron chi connectivity index (χ1n) is 18.0. The largest absolute Gasteiger partial charge is 0.469 e. The average Bonchev–Trinajstić information content (AvgIpc) is 3.00. The fraction of sp³-hybridized carbons (Fsp3) is 0.842. The summed E-state index contributed by atoms with van der Waals surface area (Å²) in [7, 11) is 2.96. The Hall–Kier alpha value is -1.58. The van der Waals surface area contributed by atoms with Crippen LogP contribution in [0.2, 0.25) is 0 Å². The predicted octanol–water partition coefficient (Wildman–Crippen LogP) is 11.3. The van der Waals surface area contributed by atoms with E-state index in [1.807, 2.05) is 0 Å². The number of carbonyl (C=O) groups is 2. The minimum absolute atomic E-state index is 0.0779. The summed E-state index contributed by atoms with van der Waals surface area (Å²) < 4.78 is 9.58. The molecule has 244 valence electrons. The summed E-state index contributed by atoms with van der Waals surface area (Å²) in [5, 5.41) is 0. The molecule has 1 aliphatic rings. The number of esters is 2. The molecule has 4 heteroatoms. The molecule has 0 aromatic rings. The minimum atomic E-state index is -0.0802. The van der Waals surface area contributed by atoms with Gasteiger partial charge in [0, 0.05) is 12.8 Å². The Morgan fingerprint density at radius 3 is 1.55 bits per heavy atom. The van der Waals surface area contributed by atoms with Crippen LogP contribution in [0.5, 0.6) is 0 Å². The van der Waals surface area contributed by atoms with Crippen molar-refractivity contribution in [3.8, 4) is 0 Å². The summed E-state index contributed by atoms with van der Waals surface area (Å²) >= 11 is 0. The highest BCUT2D eigenvalue weighted by atomic mass is 16.5. The molecule has 0 fully saturated rings. The van der Waals surface area contributed by atoms with Crippen LogP contribution in [0.1, 0.15) is 168 Å². The Labute approximate surface area is 260 Å². The van der Waals surface area contributed by atoms with Crippen molar-refractivity contribution in [3.05, 3.63) is 24.3 Å². The molecule has 1 rings (SSSR count). The molecular formula is C38H68O4. The molecule has 0 amide bonds. The quantitative estimate of drug-likeness (QED) is 0.0544. The lowest BCUT2D eigenvalue weighted by Gasteiger charge is -2.40. The molecule has 0 saturated carbocycles. The van der Waals surface area contributed by atoms with Gasteiger partial charge in [0.05, 0.1) is 14.2 Å². The Morgan fingerprint density at radius 1 is 0.548 bits per heavy atom. The number of unbranched alkanes of at least 4 members (excludes halogenated alkanes) is 14. The molecule has 0 bridgehead atoms. The van der Waals surface area contributed by atoms with E-state index in [0.717, 1.165) is 43.4 Å². The van der Waals surface area contributed by atoms with Gasteiger partial charge in [-0.2, -0.15) is 0 Å². The van der Waals surface area contributed by atoms with Gasteiger partial charge < -0.3 is 9.47 Å². The number of ether oxygens (including phenoxy) is 2. The predicted molar refractivity (Wildman–Crippen MR) is 178 cm³/mol. The fourth-order valence-corrected chi connectivity index (χ4v) is 6.86. The van der Waals surface area contributed by atoms with Gasteiger partial charge in [-0.1, -0.05) is 128 Å². The first-order chi connectivity index (χ1) is 20.6. The second-order valence-corrected chi connectivity index (χ2v) is 12.9. The van der Waals surface area contributed by atoms with Crippen molar-refractivity contribution in [2.75, 3.05) is 14.2 Å². The van der Waals surface area contributed by atoms with Crippen molar-refractivity contribution in [3.63, 3.8) is 0 Å². The third-order valence-electron chi connectivity index (χ3n) is 9.49. The molecule has 0 saturated heterocycles. The number of hydrogen-bond donors (Lipinski definition) is 0. The molecule has 42 heavy (non-hydrogen) atoms. The monoisotopic (exact) mass is 589 g/mol. The van der Waals surface area contributed by atoms with Gasteiger partial charge in [0.1, 0.15) is 0 Å². The van der Waals surface area contributed by atoms with Crippen molar-refractivity contribution in [2.45, 2.75) is 168 Å². The zero-order valence-corrected chi connectivity index (χ0v) is 28.2. The van der Waals surface area contributed by atoms with Crippen LogP contribution in [0, 0.1) is 23.7 Å². The number of allylic oxidation sites excluding steroid dienone is 4. The highest BCUT2D eigenvalue weighted by Crippen LogP contribution is 2.44. The first kappa shape index (κ1) is 38.4. The Balaban J connectivity index is 2.77. The van der Waals surface area contributed by atoms with Crippen LogP contribution in [0.4, 0.5) is 0 Å². The first-order valence-corrected chi connectivity index (χ1v) is 18.0. The van der Waals surface area contributed by atoms with Gasteiger partial charge in [-0.05, 0) is 75.0 Å². The third kappa shape index (κ3) is 18.9. The Kier molecular flexibility index (Phi) is 24.7. The maximum absolute atomic E-state index is 11.4. The van der Waals surface area contributed by atoms with Crippen LogP contribution < -0.4 is 0 Å². The number of hydrogen-bond acceptors (Lipinski definition) is 4. The molecule has 0 radical (unpaired) electrons. The zero-order valence-electron chi connectivity index (χ0n) is 28.2. The Morgan fingerprint density at radius 2 is 1.00 bits per heavy atom. The molecule has 0 aromatic carbocycles. The zero-order chi connectivity index (χ0) is 30.7. The Bertz CT molecular complexity index is 712. The summed E-state index contributed by atoms with van der Waals surface area (Å²) in [4.78, 5) is 22.8. The van der Waals surface area contributed by atoms with Gasteiger partial charge in [-0.15, -0.1) is 0 Å². The summed E-state index contributed by atoms with van der Waals surface area (Å²) in [5.74, 6) is 2.81. The average molecular weight is 589 g/mol. The number of rotatable bonds is 27. The van der Waals surface area contributed by atoms with E-state index in [-0.39, 0.29) is 11.9 Å². The summed E-state index contributed by atoms with van der Waals surface area (Å²) in [6, 6.07) is 0. The van der Waals surface area contributed by atoms with E-state index in [1.54, 1.807) is 0 Å². The fourth-order valence-electron chi connectivity index (χ4n) is 6.86. The third-order valence-corrected chi connectivity index (χ3v) is 9.49. The van der Waals surface area contributed by atoms with Gasteiger partial charge >= 0.3 is 11.9 Å². The van der Waals surface area contributed by atoms with E-state index in [2.05, 4.69) is 38.2 Å². The molecule has 0 heterocycles. The lowest BCUT2D eigenvalue weighted by molar-refractivity contribution is -0.141. The molecule has 0 N–H and O–H groups in total. The minimum Gasteiger partial charge on any atom is -0.469 e. The van der Waals surface area contributed by atoms with E-state index >= 15 is 0 Å². The summed E-state index contributed by atoms with van der Waals surface area (Å²) in [6.07, 6.45) is 38.9. The summed E-state index contributed by atoms with van der Waals surface area (Å²) in [6.45, 7) is 4.59. The second-order valence-electron chi connectivity index (χ2n) is 12.9. The van der Waals surface area contributed by atoms with Crippen LogP contribution >= 0.6 is 0 Å². The van der Waals surface area contributed by atoms with Crippen LogP contribution in [-0.4, -0.2) is 26.2 Å². The van der Waals surface area contributed by atoms with Gasteiger partial charge in [-0.3, -0.25) is 9.59 Å². The van der Waals surface area contributed by atoms with E-state index < -0.39 is 0 Å². The van der Waals surface area contributed by atoms with Gasteiger partial charge in [0.2, 0.25) is 0 Å². The smallest absolute Gasteiger partial charge is 0.305 e. The van der Waals surface area contributed by atoms with E-state index in [4.69, 9.17) is 9.47 Å². The van der Waals surface area contributed by atoms with Crippen molar-refractivity contribution in [1.82, 2.24) is 0 Å². The molecule has 4 atom stereocenters. The van der Waals surface area contributed by atoms with E-state index in [1.165, 1.54) is 130 Å². The highest BCUT2D eigenvalue weighted by molar-refractivity contribution is 5.69. The standard InChI is InChI=1S/C38H68O4/c1-5-7-9-11-15-21-27-35-33(25-19-10-8-6-2)31-32-34(26-20-14-12-17-23-29-37(39)41-3)36(35)28-22-16-13-18-24-30-38(40)42-4/h15,21,31-36H,5-14,16-20,22-30H2,1-4H3/b21-15-. The second kappa shape index (κ2) is 27.0. The topological polar surface area (TPSA) is 52.6 Å². The van der Waals surface area contributed by atoms with Crippen molar-refractivity contribution in [2.24, 2.45) is 23.7 Å². The maximum Gasteiger partial charge on any atom is 0.305 e. The van der Waals surface area contributed by atoms with Gasteiger partial charge in [-0.25, -0.2) is 0 Å². The molecule has 1 aliphatic carbocycles. The molecule has 4 nitrogen and oxygen atoms in total. The lowest BCUT2D eigenvalue weighted by atomic mass is 9.65. The summed E-state index contributed by atoms with van der Waals surface area (Å²) in [5.41, 5.74) is 0. The lowest BCUT2D eigenvalue weighted by Crippen LogP contribution is -2.31. The van der Waals surface area contributed by atoms with Crippen molar-refractivity contribution < 1.29 is 19.1 Å². The van der Waals surface area contributed by atoms with Crippen molar-refractivity contribution in [1.29, 1.82) is 0 Å². The van der Waals surface area contributed by atoms with Crippen LogP contribution in [0.3, 0.4) is 0 Å². The SMILES string of the molecule is CCCCC/C=C\CC1C(CCCCCC)C=CC(CCCCCCCC(=O)OC)C1CCCCCCCC(=O)OC. The maximum atomic E-state index is 11.4. The normalized spacial score (nSPS) is 20.3. The molecule has 0 aliphatic heterocycles. The van der Waals surface area contributed by atoms with Gasteiger partial charge in [0.25, 0.3) is 0 Å². The van der Waals surface area contributed by atoms with Crippen LogP contribution in [-0.2, 0) is 19.1 Å². The van der Waals surface area contributed by atoms with Gasteiger partial charge in [0.15, 0.2) is 0 Å². The number of carbonyl (C=O) groups excluding carboxylic acids is 2. The van der Waals surface area contributed by atoms with Crippen LogP contribution in [0.25, 0.3) is 0 Å². The van der Waals surface area contributed by atoms with E-state index in [0.29, 0.717) is 18.8 Å². The molecule has 4 unspecified atom stereocenters. The highest BCUT2D eigenvalue weighted by Gasteiger charge is 2.34. The number of methoxy groups -OCH3 is 2. The van der Waals surface area contributed by atoms with E-state index in [9.17, 15) is 9.59 Å². The molecule has 0 aromatic heterocycles.